The smallest absolute Gasteiger partial charge is 0.322 e. The number of hydrogen-bond acceptors (Lipinski definition) is 5. The number of rotatable bonds is 9. The number of phenols is 1. The molecule has 21 heavy (non-hydrogen) atoms. The summed E-state index contributed by atoms with van der Waals surface area (Å²) in [5.41, 5.74) is 0.611. The molecule has 0 aliphatic carbocycles. The highest BCUT2D eigenvalue weighted by Crippen LogP contribution is 2.12. The van der Waals surface area contributed by atoms with E-state index in [4.69, 9.17) is 14.9 Å². The van der Waals surface area contributed by atoms with Gasteiger partial charge in [0.2, 0.25) is 10.0 Å². The van der Waals surface area contributed by atoms with Crippen molar-refractivity contribution in [3.63, 3.8) is 0 Å². The molecule has 0 spiro atoms. The number of sulfonamides is 1. The summed E-state index contributed by atoms with van der Waals surface area (Å²) in [6.07, 6.45) is 0.288. The molecule has 7 nitrogen and oxygen atoms in total. The zero-order valence-electron chi connectivity index (χ0n) is 11.7. The van der Waals surface area contributed by atoms with Gasteiger partial charge in [0.05, 0.1) is 5.75 Å². The van der Waals surface area contributed by atoms with Crippen LogP contribution in [0.25, 0.3) is 0 Å². The molecule has 0 heterocycles. The van der Waals surface area contributed by atoms with Crippen LogP contribution in [0.5, 0.6) is 5.75 Å². The number of phenolic OH excluding ortho intramolecular Hbond substituents is 1. The van der Waals surface area contributed by atoms with Gasteiger partial charge in [-0.15, -0.1) is 0 Å². The van der Waals surface area contributed by atoms with Gasteiger partial charge in [-0.3, -0.25) is 4.79 Å². The Morgan fingerprint density at radius 3 is 2.48 bits per heavy atom. The van der Waals surface area contributed by atoms with Gasteiger partial charge < -0.3 is 14.9 Å². The molecular weight excluding hydrogens is 298 g/mol. The fourth-order valence-electron chi connectivity index (χ4n) is 1.72. The summed E-state index contributed by atoms with van der Waals surface area (Å²) < 4.78 is 30.5. The summed E-state index contributed by atoms with van der Waals surface area (Å²) >= 11 is 0. The zero-order chi connectivity index (χ0) is 15.9. The molecule has 8 heteroatoms. The third kappa shape index (κ3) is 6.56. The van der Waals surface area contributed by atoms with Crippen LogP contribution in [-0.2, 0) is 26.0 Å². The number of benzene rings is 1. The maximum Gasteiger partial charge on any atom is 0.322 e. The molecule has 0 saturated heterocycles. The minimum atomic E-state index is -3.69. The molecule has 1 atom stereocenters. The molecule has 0 saturated carbocycles. The minimum Gasteiger partial charge on any atom is -0.508 e. The lowest BCUT2D eigenvalue weighted by molar-refractivity contribution is -0.138. The van der Waals surface area contributed by atoms with Crippen molar-refractivity contribution in [1.29, 1.82) is 0 Å². The van der Waals surface area contributed by atoms with Crippen LogP contribution < -0.4 is 4.72 Å². The maximum absolute atomic E-state index is 11.8. The van der Waals surface area contributed by atoms with Crippen LogP contribution in [0.4, 0.5) is 0 Å². The van der Waals surface area contributed by atoms with Gasteiger partial charge in [-0.1, -0.05) is 12.1 Å². The third-order valence-corrected chi connectivity index (χ3v) is 4.23. The van der Waals surface area contributed by atoms with E-state index in [-0.39, 0.29) is 31.0 Å². The van der Waals surface area contributed by atoms with Crippen LogP contribution in [0, 0.1) is 0 Å². The average Bonchev–Trinajstić information content (AvgIpc) is 2.40. The fourth-order valence-corrected chi connectivity index (χ4v) is 2.95. The summed E-state index contributed by atoms with van der Waals surface area (Å²) in [5.74, 6) is -1.38. The highest BCUT2D eigenvalue weighted by Gasteiger charge is 2.24. The van der Waals surface area contributed by atoms with Gasteiger partial charge in [-0.25, -0.2) is 13.1 Å². The normalized spacial score (nSPS) is 13.0. The molecule has 0 aliphatic heterocycles. The van der Waals surface area contributed by atoms with Crippen molar-refractivity contribution >= 4 is 16.0 Å². The van der Waals surface area contributed by atoms with Gasteiger partial charge >= 0.3 is 5.97 Å². The number of aromatic hydroxyl groups is 1. The largest absolute Gasteiger partial charge is 0.508 e. The van der Waals surface area contributed by atoms with Crippen LogP contribution in [0.3, 0.4) is 0 Å². The molecular formula is C13H19NO6S. The Hall–Kier alpha value is -1.64. The molecule has 0 amide bonds. The Bertz CT molecular complexity index is 555. The molecule has 0 aromatic heterocycles. The summed E-state index contributed by atoms with van der Waals surface area (Å²) in [4.78, 5) is 11.2. The average molecular weight is 317 g/mol. The van der Waals surface area contributed by atoms with E-state index in [0.29, 0.717) is 5.56 Å². The molecule has 0 fully saturated rings. The summed E-state index contributed by atoms with van der Waals surface area (Å²) in [6, 6.07) is 4.68. The Balaban J connectivity index is 2.69. The van der Waals surface area contributed by atoms with Crippen LogP contribution in [0.15, 0.2) is 24.3 Å². The van der Waals surface area contributed by atoms with Crippen molar-refractivity contribution in [3.05, 3.63) is 29.8 Å². The number of carboxylic acid groups (broad SMARTS) is 1. The van der Waals surface area contributed by atoms with Crippen LogP contribution >= 0.6 is 0 Å². The molecule has 1 rings (SSSR count). The Labute approximate surface area is 123 Å². The summed E-state index contributed by atoms with van der Waals surface area (Å²) in [6.45, 7) is 0.288. The second-order valence-corrected chi connectivity index (χ2v) is 6.42. The quantitative estimate of drug-likeness (QED) is 0.566. The number of carboxylic acids is 1. The topological polar surface area (TPSA) is 113 Å². The van der Waals surface area contributed by atoms with E-state index in [1.54, 1.807) is 12.1 Å². The van der Waals surface area contributed by atoms with E-state index in [2.05, 4.69) is 4.72 Å². The first kappa shape index (κ1) is 17.4. The minimum absolute atomic E-state index is 0.000872. The predicted molar refractivity (Wildman–Crippen MR) is 76.7 cm³/mol. The molecule has 0 radical (unpaired) electrons. The van der Waals surface area contributed by atoms with Crippen LogP contribution in [-0.4, -0.2) is 50.1 Å². The van der Waals surface area contributed by atoms with Gasteiger partial charge in [0, 0.05) is 13.7 Å². The number of nitrogens with one attached hydrogen (secondary N) is 1. The first-order valence-corrected chi connectivity index (χ1v) is 7.99. The second kappa shape index (κ2) is 7.96. The first-order valence-electron chi connectivity index (χ1n) is 6.33. The van der Waals surface area contributed by atoms with Crippen LogP contribution in [0.2, 0.25) is 0 Å². The number of aliphatic carboxylic acids is 1. The zero-order valence-corrected chi connectivity index (χ0v) is 12.5. The third-order valence-electron chi connectivity index (χ3n) is 2.76. The van der Waals surface area contributed by atoms with Crippen molar-refractivity contribution in [2.75, 3.05) is 19.5 Å². The van der Waals surface area contributed by atoms with Gasteiger partial charge in [-0.2, -0.15) is 0 Å². The highest BCUT2D eigenvalue weighted by molar-refractivity contribution is 7.89. The van der Waals surface area contributed by atoms with E-state index in [9.17, 15) is 13.2 Å². The first-order chi connectivity index (χ1) is 9.84. The van der Waals surface area contributed by atoms with Gasteiger partial charge in [0.15, 0.2) is 0 Å². The molecule has 118 valence electrons. The number of carbonyl (C=O) groups is 1. The second-order valence-electron chi connectivity index (χ2n) is 4.54. The summed E-state index contributed by atoms with van der Waals surface area (Å²) in [7, 11) is -2.22. The maximum atomic E-state index is 11.8. The van der Waals surface area contributed by atoms with Gasteiger partial charge in [-0.05, 0) is 30.5 Å². The predicted octanol–water partition coefficient (Wildman–Crippen LogP) is 0.344. The highest BCUT2D eigenvalue weighted by atomic mass is 32.2. The summed E-state index contributed by atoms with van der Waals surface area (Å²) in [5, 5.41) is 18.3. The monoisotopic (exact) mass is 317 g/mol. The Morgan fingerprint density at radius 2 is 1.95 bits per heavy atom. The molecule has 1 aromatic rings. The van der Waals surface area contributed by atoms with E-state index in [1.807, 2.05) is 0 Å². The van der Waals surface area contributed by atoms with Crippen molar-refractivity contribution < 1.29 is 28.2 Å². The number of methoxy groups -OCH3 is 1. The van der Waals surface area contributed by atoms with Crippen LogP contribution in [0.1, 0.15) is 12.0 Å². The van der Waals surface area contributed by atoms with E-state index >= 15 is 0 Å². The van der Waals surface area contributed by atoms with Crippen molar-refractivity contribution in [1.82, 2.24) is 4.72 Å². The standard InChI is InChI=1S/C13H19NO6S/c1-20-7-2-8-21(18,19)14-12(13(16)17)9-10-3-5-11(15)6-4-10/h3-6,12,14-15H,2,7-9H2,1H3,(H,16,17)/t12-/m0/s1. The van der Waals surface area contributed by atoms with E-state index in [1.165, 1.54) is 19.2 Å². The lowest BCUT2D eigenvalue weighted by Crippen LogP contribution is -2.43. The lowest BCUT2D eigenvalue weighted by Gasteiger charge is -2.15. The number of ether oxygens (including phenoxy) is 1. The van der Waals surface area contributed by atoms with E-state index in [0.717, 1.165) is 0 Å². The molecule has 0 unspecified atom stereocenters. The molecule has 0 aliphatic rings. The Morgan fingerprint density at radius 1 is 1.33 bits per heavy atom. The fraction of sp³-hybridized carbons (Fsp3) is 0.462. The molecule has 1 aromatic carbocycles. The van der Waals surface area contributed by atoms with E-state index < -0.39 is 22.0 Å². The lowest BCUT2D eigenvalue weighted by atomic mass is 10.1. The van der Waals surface area contributed by atoms with Gasteiger partial charge in [0.25, 0.3) is 0 Å². The Kier molecular flexibility index (Phi) is 6.60. The van der Waals surface area contributed by atoms with Crippen molar-refractivity contribution in [2.24, 2.45) is 0 Å². The van der Waals surface area contributed by atoms with Gasteiger partial charge in [0.1, 0.15) is 11.8 Å². The molecule has 0 bridgehead atoms. The SMILES string of the molecule is COCCCS(=O)(=O)N[C@@H](Cc1ccc(O)cc1)C(=O)O. The van der Waals surface area contributed by atoms with Crippen molar-refractivity contribution in [2.45, 2.75) is 18.9 Å². The molecule has 3 N–H and O–H groups in total. The number of hydrogen-bond donors (Lipinski definition) is 3. The van der Waals surface area contributed by atoms with Crippen molar-refractivity contribution in [3.8, 4) is 5.75 Å².